The van der Waals surface area contributed by atoms with Crippen LogP contribution in [0.1, 0.15) is 36.8 Å². The van der Waals surface area contributed by atoms with Gasteiger partial charge in [0.2, 0.25) is 0 Å². The van der Waals surface area contributed by atoms with Crippen LogP contribution in [0, 0.1) is 0 Å². The first-order valence-corrected chi connectivity index (χ1v) is 7.80. The zero-order valence-electron chi connectivity index (χ0n) is 12.0. The molecule has 0 N–H and O–H groups in total. The summed E-state index contributed by atoms with van der Waals surface area (Å²) in [6.45, 7) is 1.64. The van der Waals surface area contributed by atoms with Crippen molar-refractivity contribution in [1.82, 2.24) is 0 Å². The van der Waals surface area contributed by atoms with Gasteiger partial charge in [0.15, 0.2) is 0 Å². The molecule has 1 atom stereocenters. The van der Waals surface area contributed by atoms with Gasteiger partial charge in [-0.2, -0.15) is 0 Å². The van der Waals surface area contributed by atoms with Gasteiger partial charge >= 0.3 is 0 Å². The third kappa shape index (κ3) is 4.87. The molecule has 0 aliphatic rings. The summed E-state index contributed by atoms with van der Waals surface area (Å²) >= 11 is 12.0. The first-order valence-electron chi connectivity index (χ1n) is 7.04. The van der Waals surface area contributed by atoms with Crippen molar-refractivity contribution in [3.63, 3.8) is 0 Å². The number of ketones is 1. The SMILES string of the molecule is CC(=O)CC[C@@H](Cc1ccc(Cl)c(Cl)c1)c1ccccc1. The monoisotopic (exact) mass is 320 g/mol. The molecule has 0 aliphatic carbocycles. The van der Waals surface area contributed by atoms with E-state index in [2.05, 4.69) is 12.1 Å². The van der Waals surface area contributed by atoms with Crippen LogP contribution in [0.4, 0.5) is 0 Å². The zero-order valence-corrected chi connectivity index (χ0v) is 13.5. The summed E-state index contributed by atoms with van der Waals surface area (Å²) in [7, 11) is 0. The van der Waals surface area contributed by atoms with E-state index in [-0.39, 0.29) is 5.78 Å². The Balaban J connectivity index is 2.18. The predicted octanol–water partition coefficient (Wildman–Crippen LogP) is 5.69. The van der Waals surface area contributed by atoms with E-state index in [0.29, 0.717) is 22.4 Å². The van der Waals surface area contributed by atoms with Gasteiger partial charge < -0.3 is 4.79 Å². The van der Waals surface area contributed by atoms with Crippen molar-refractivity contribution in [2.24, 2.45) is 0 Å². The van der Waals surface area contributed by atoms with E-state index in [1.807, 2.05) is 36.4 Å². The summed E-state index contributed by atoms with van der Waals surface area (Å²) in [6.07, 6.45) is 2.30. The van der Waals surface area contributed by atoms with Crippen molar-refractivity contribution in [1.29, 1.82) is 0 Å². The summed E-state index contributed by atoms with van der Waals surface area (Å²) in [4.78, 5) is 11.3. The largest absolute Gasteiger partial charge is 0.300 e. The van der Waals surface area contributed by atoms with Gasteiger partial charge in [-0.15, -0.1) is 0 Å². The molecule has 0 heterocycles. The Morgan fingerprint density at radius 3 is 2.38 bits per heavy atom. The van der Waals surface area contributed by atoms with Crippen molar-refractivity contribution in [3.8, 4) is 0 Å². The Morgan fingerprint density at radius 1 is 1.05 bits per heavy atom. The van der Waals surface area contributed by atoms with Crippen LogP contribution in [0.25, 0.3) is 0 Å². The lowest BCUT2D eigenvalue weighted by Crippen LogP contribution is -2.05. The van der Waals surface area contributed by atoms with Crippen molar-refractivity contribution >= 4 is 29.0 Å². The smallest absolute Gasteiger partial charge is 0.129 e. The quantitative estimate of drug-likeness (QED) is 0.668. The number of hydrogen-bond acceptors (Lipinski definition) is 1. The topological polar surface area (TPSA) is 17.1 Å². The first kappa shape index (κ1) is 16.1. The van der Waals surface area contributed by atoms with E-state index < -0.39 is 0 Å². The lowest BCUT2D eigenvalue weighted by molar-refractivity contribution is -0.117. The summed E-state index contributed by atoms with van der Waals surface area (Å²) < 4.78 is 0. The van der Waals surface area contributed by atoms with Crippen molar-refractivity contribution < 1.29 is 4.79 Å². The average molecular weight is 321 g/mol. The van der Waals surface area contributed by atoms with Gasteiger partial charge in [0, 0.05) is 6.42 Å². The van der Waals surface area contributed by atoms with Gasteiger partial charge in [0.25, 0.3) is 0 Å². The lowest BCUT2D eigenvalue weighted by Gasteiger charge is -2.17. The molecule has 2 aromatic rings. The number of Topliss-reactive ketones (excluding diaryl/α,β-unsaturated/α-hetero) is 1. The van der Waals surface area contributed by atoms with Crippen molar-refractivity contribution in [3.05, 3.63) is 69.7 Å². The Morgan fingerprint density at radius 2 is 1.76 bits per heavy atom. The van der Waals surface area contributed by atoms with Gasteiger partial charge in [-0.25, -0.2) is 0 Å². The van der Waals surface area contributed by atoms with E-state index in [1.54, 1.807) is 6.92 Å². The molecule has 0 saturated heterocycles. The van der Waals surface area contributed by atoms with Gasteiger partial charge in [-0.05, 0) is 48.9 Å². The third-order valence-corrected chi connectivity index (χ3v) is 4.32. The van der Waals surface area contributed by atoms with Crippen LogP contribution in [-0.4, -0.2) is 5.78 Å². The molecular weight excluding hydrogens is 303 g/mol. The van der Waals surface area contributed by atoms with Crippen LogP contribution in [0.15, 0.2) is 48.5 Å². The minimum absolute atomic E-state index is 0.227. The Kier molecular flexibility index (Phi) is 5.84. The number of carbonyl (C=O) groups excluding carboxylic acids is 1. The van der Waals surface area contributed by atoms with Crippen LogP contribution in [-0.2, 0) is 11.2 Å². The Bertz CT molecular complexity index is 608. The highest BCUT2D eigenvalue weighted by atomic mass is 35.5. The first-order chi connectivity index (χ1) is 10.1. The summed E-state index contributed by atoms with van der Waals surface area (Å²) in [6, 6.07) is 16.0. The Hall–Kier alpha value is -1.31. The van der Waals surface area contributed by atoms with Gasteiger partial charge in [0.05, 0.1) is 10.0 Å². The highest BCUT2D eigenvalue weighted by molar-refractivity contribution is 6.42. The lowest BCUT2D eigenvalue weighted by atomic mass is 9.88. The molecule has 110 valence electrons. The number of rotatable bonds is 6. The minimum Gasteiger partial charge on any atom is -0.300 e. The normalized spacial score (nSPS) is 12.1. The molecule has 0 saturated carbocycles. The van der Waals surface area contributed by atoms with Crippen molar-refractivity contribution in [2.45, 2.75) is 32.1 Å². The Labute approximate surface area is 135 Å². The highest BCUT2D eigenvalue weighted by Gasteiger charge is 2.14. The third-order valence-electron chi connectivity index (χ3n) is 3.58. The summed E-state index contributed by atoms with van der Waals surface area (Å²) in [5, 5.41) is 1.15. The van der Waals surface area contributed by atoms with E-state index in [9.17, 15) is 4.79 Å². The molecule has 2 aromatic carbocycles. The molecular formula is C18H18Cl2O. The fraction of sp³-hybridized carbons (Fsp3) is 0.278. The van der Waals surface area contributed by atoms with Gasteiger partial charge in [-0.3, -0.25) is 0 Å². The van der Waals surface area contributed by atoms with Gasteiger partial charge in [-0.1, -0.05) is 59.6 Å². The molecule has 0 unspecified atom stereocenters. The molecule has 0 aromatic heterocycles. The van der Waals surface area contributed by atoms with Crippen LogP contribution < -0.4 is 0 Å². The van der Waals surface area contributed by atoms with E-state index in [1.165, 1.54) is 5.56 Å². The number of halogens is 2. The maximum Gasteiger partial charge on any atom is 0.129 e. The fourth-order valence-electron chi connectivity index (χ4n) is 2.44. The van der Waals surface area contributed by atoms with Crippen LogP contribution in [0.3, 0.4) is 0 Å². The molecule has 0 bridgehead atoms. The minimum atomic E-state index is 0.227. The molecule has 3 heteroatoms. The van der Waals surface area contributed by atoms with Crippen LogP contribution in [0.5, 0.6) is 0 Å². The van der Waals surface area contributed by atoms with E-state index in [0.717, 1.165) is 18.4 Å². The van der Waals surface area contributed by atoms with E-state index >= 15 is 0 Å². The molecule has 0 aliphatic heterocycles. The molecule has 0 amide bonds. The molecule has 0 fully saturated rings. The number of hydrogen-bond donors (Lipinski definition) is 0. The van der Waals surface area contributed by atoms with Crippen LogP contribution >= 0.6 is 23.2 Å². The van der Waals surface area contributed by atoms with Gasteiger partial charge in [0.1, 0.15) is 5.78 Å². The second-order valence-electron chi connectivity index (χ2n) is 5.30. The zero-order chi connectivity index (χ0) is 15.2. The molecule has 21 heavy (non-hydrogen) atoms. The second kappa shape index (κ2) is 7.63. The van der Waals surface area contributed by atoms with Crippen LogP contribution in [0.2, 0.25) is 10.0 Å². The number of benzene rings is 2. The maximum absolute atomic E-state index is 11.3. The summed E-state index contributed by atoms with van der Waals surface area (Å²) in [5.41, 5.74) is 2.40. The summed E-state index contributed by atoms with van der Waals surface area (Å²) in [5.74, 6) is 0.539. The predicted molar refractivity (Wildman–Crippen MR) is 89.3 cm³/mol. The fourth-order valence-corrected chi connectivity index (χ4v) is 2.76. The molecule has 0 spiro atoms. The average Bonchev–Trinajstić information content (AvgIpc) is 2.48. The van der Waals surface area contributed by atoms with Crippen molar-refractivity contribution in [2.75, 3.05) is 0 Å². The number of carbonyl (C=O) groups is 1. The molecule has 0 radical (unpaired) electrons. The second-order valence-corrected chi connectivity index (χ2v) is 6.12. The molecule has 2 rings (SSSR count). The standard InChI is InChI=1S/C18H18Cl2O/c1-13(21)7-9-16(15-5-3-2-4-6-15)11-14-8-10-17(19)18(20)12-14/h2-6,8,10,12,16H,7,9,11H2,1H3/t16-/m0/s1. The highest BCUT2D eigenvalue weighted by Crippen LogP contribution is 2.29. The maximum atomic E-state index is 11.3. The molecule has 1 nitrogen and oxygen atoms in total. The van der Waals surface area contributed by atoms with E-state index in [4.69, 9.17) is 23.2 Å².